The smallest absolute Gasteiger partial charge is 0.191 e. The summed E-state index contributed by atoms with van der Waals surface area (Å²) in [5.41, 5.74) is 9.21. The van der Waals surface area contributed by atoms with E-state index in [1.807, 2.05) is 17.0 Å². The number of halogens is 1. The van der Waals surface area contributed by atoms with E-state index in [0.29, 0.717) is 25.7 Å². The number of guanidine groups is 1. The van der Waals surface area contributed by atoms with Gasteiger partial charge in [0.05, 0.1) is 24.2 Å². The van der Waals surface area contributed by atoms with E-state index in [2.05, 4.69) is 28.0 Å². The highest BCUT2D eigenvalue weighted by atomic mass is 127. The number of para-hydroxylation sites is 1. The second kappa shape index (κ2) is 7.08. The van der Waals surface area contributed by atoms with Gasteiger partial charge in [-0.2, -0.15) is 0 Å². The Morgan fingerprint density at radius 2 is 2.19 bits per heavy atom. The van der Waals surface area contributed by atoms with E-state index in [1.165, 1.54) is 0 Å². The van der Waals surface area contributed by atoms with Crippen molar-refractivity contribution >= 4 is 41.0 Å². The molecule has 3 rings (SSSR count). The van der Waals surface area contributed by atoms with Crippen LogP contribution in [0.4, 0.5) is 0 Å². The molecule has 1 aromatic carbocycles. The van der Waals surface area contributed by atoms with Gasteiger partial charge in [-0.15, -0.1) is 24.0 Å². The van der Waals surface area contributed by atoms with E-state index in [4.69, 9.17) is 10.5 Å². The molecule has 114 valence electrons. The minimum Gasteiger partial charge on any atom is -0.378 e. The number of aromatic nitrogens is 2. The van der Waals surface area contributed by atoms with Crippen LogP contribution in [-0.4, -0.2) is 47.1 Å². The number of nitrogens with zero attached hydrogens (tertiary/aromatic N) is 3. The predicted molar refractivity (Wildman–Crippen MR) is 94.0 cm³/mol. The van der Waals surface area contributed by atoms with Crippen molar-refractivity contribution in [3.8, 4) is 0 Å². The molecule has 0 aliphatic carbocycles. The SMILES string of the molecule is Cc1cccc2[nH]c(CN=C(N)N3CCOCC3)nc12.I. The average Bonchev–Trinajstić information content (AvgIpc) is 2.90. The molecule has 21 heavy (non-hydrogen) atoms. The highest BCUT2D eigenvalue weighted by Gasteiger charge is 2.12. The molecule has 2 heterocycles. The fourth-order valence-electron chi connectivity index (χ4n) is 2.35. The number of rotatable bonds is 2. The number of hydrogen-bond donors (Lipinski definition) is 2. The Morgan fingerprint density at radius 1 is 1.43 bits per heavy atom. The molecule has 0 saturated carbocycles. The Balaban J connectivity index is 0.00000161. The number of aryl methyl sites for hydroxylation is 1. The number of fused-ring (bicyclic) bond motifs is 1. The van der Waals surface area contributed by atoms with Crippen molar-refractivity contribution in [2.24, 2.45) is 10.7 Å². The molecule has 0 radical (unpaired) electrons. The number of hydrogen-bond acceptors (Lipinski definition) is 3. The number of aromatic amines is 1. The van der Waals surface area contributed by atoms with Crippen molar-refractivity contribution in [1.29, 1.82) is 0 Å². The lowest BCUT2D eigenvalue weighted by atomic mass is 10.2. The first-order valence-electron chi connectivity index (χ1n) is 6.81. The summed E-state index contributed by atoms with van der Waals surface area (Å²) in [5, 5.41) is 0. The van der Waals surface area contributed by atoms with Gasteiger partial charge in [-0.05, 0) is 18.6 Å². The summed E-state index contributed by atoms with van der Waals surface area (Å²) in [6, 6.07) is 6.09. The molecule has 0 bridgehead atoms. The number of imidazole rings is 1. The van der Waals surface area contributed by atoms with E-state index < -0.39 is 0 Å². The van der Waals surface area contributed by atoms with Crippen LogP contribution in [0.25, 0.3) is 11.0 Å². The van der Waals surface area contributed by atoms with E-state index in [0.717, 1.165) is 35.5 Å². The second-order valence-corrected chi connectivity index (χ2v) is 4.93. The van der Waals surface area contributed by atoms with Crippen LogP contribution in [0.5, 0.6) is 0 Å². The monoisotopic (exact) mass is 401 g/mol. The molecule has 0 unspecified atom stereocenters. The van der Waals surface area contributed by atoms with Gasteiger partial charge in [-0.25, -0.2) is 9.98 Å². The van der Waals surface area contributed by atoms with Gasteiger partial charge in [0.15, 0.2) is 5.96 Å². The average molecular weight is 401 g/mol. The van der Waals surface area contributed by atoms with Crippen LogP contribution >= 0.6 is 24.0 Å². The third-order valence-electron chi connectivity index (χ3n) is 3.49. The largest absolute Gasteiger partial charge is 0.378 e. The quantitative estimate of drug-likeness (QED) is 0.456. The fraction of sp³-hybridized carbons (Fsp3) is 0.429. The van der Waals surface area contributed by atoms with Crippen molar-refractivity contribution < 1.29 is 4.74 Å². The van der Waals surface area contributed by atoms with Gasteiger partial charge in [0.2, 0.25) is 0 Å². The number of nitrogens with one attached hydrogen (secondary N) is 1. The molecule has 1 aromatic heterocycles. The number of ether oxygens (including phenoxy) is 1. The van der Waals surface area contributed by atoms with Gasteiger partial charge in [-0.1, -0.05) is 12.1 Å². The topological polar surface area (TPSA) is 79.5 Å². The first kappa shape index (κ1) is 16.0. The Morgan fingerprint density at radius 3 is 2.90 bits per heavy atom. The first-order chi connectivity index (χ1) is 9.74. The second-order valence-electron chi connectivity index (χ2n) is 4.93. The maximum Gasteiger partial charge on any atom is 0.191 e. The summed E-state index contributed by atoms with van der Waals surface area (Å²) < 4.78 is 5.29. The van der Waals surface area contributed by atoms with Crippen LogP contribution in [0.15, 0.2) is 23.2 Å². The first-order valence-corrected chi connectivity index (χ1v) is 6.81. The van der Waals surface area contributed by atoms with Crippen LogP contribution in [0.1, 0.15) is 11.4 Å². The Hall–Kier alpha value is -1.35. The third kappa shape index (κ3) is 3.65. The van der Waals surface area contributed by atoms with E-state index in [1.54, 1.807) is 0 Å². The molecule has 0 spiro atoms. The maximum absolute atomic E-state index is 6.00. The summed E-state index contributed by atoms with van der Waals surface area (Å²) in [6.07, 6.45) is 0. The molecular formula is C14H20IN5O. The maximum atomic E-state index is 6.00. The molecule has 0 amide bonds. The van der Waals surface area contributed by atoms with Crippen LogP contribution in [0.3, 0.4) is 0 Å². The molecule has 7 heteroatoms. The summed E-state index contributed by atoms with van der Waals surface area (Å²) in [6.45, 7) is 5.54. The molecule has 3 N–H and O–H groups in total. The van der Waals surface area contributed by atoms with Crippen molar-refractivity contribution in [2.75, 3.05) is 26.3 Å². The van der Waals surface area contributed by atoms with Crippen LogP contribution in [0, 0.1) is 6.92 Å². The molecule has 1 aliphatic heterocycles. The minimum atomic E-state index is 0. The summed E-state index contributed by atoms with van der Waals surface area (Å²) in [5.74, 6) is 1.40. The van der Waals surface area contributed by atoms with Gasteiger partial charge >= 0.3 is 0 Å². The number of nitrogens with two attached hydrogens (primary N) is 1. The van der Waals surface area contributed by atoms with Gasteiger partial charge in [0.25, 0.3) is 0 Å². The van der Waals surface area contributed by atoms with Gasteiger partial charge in [-0.3, -0.25) is 0 Å². The minimum absolute atomic E-state index is 0. The standard InChI is InChI=1S/C14H19N5O.HI/c1-10-3-2-4-11-13(10)18-12(17-11)9-16-14(15)19-5-7-20-8-6-19;/h2-4H,5-9H2,1H3,(H2,15,16)(H,17,18);1H. The van der Waals surface area contributed by atoms with Gasteiger partial charge < -0.3 is 20.4 Å². The predicted octanol–water partition coefficient (Wildman–Crippen LogP) is 1.64. The third-order valence-corrected chi connectivity index (χ3v) is 3.49. The lowest BCUT2D eigenvalue weighted by Crippen LogP contribution is -2.44. The molecule has 1 aliphatic rings. The number of aliphatic imine (C=N–C) groups is 1. The molecule has 6 nitrogen and oxygen atoms in total. The van der Waals surface area contributed by atoms with E-state index in [9.17, 15) is 0 Å². The number of benzene rings is 1. The van der Waals surface area contributed by atoms with Crippen LogP contribution in [-0.2, 0) is 11.3 Å². The van der Waals surface area contributed by atoms with Gasteiger partial charge in [0.1, 0.15) is 12.4 Å². The lowest BCUT2D eigenvalue weighted by molar-refractivity contribution is 0.0674. The fourth-order valence-corrected chi connectivity index (χ4v) is 2.35. The van der Waals surface area contributed by atoms with Crippen molar-refractivity contribution in [3.63, 3.8) is 0 Å². The Labute approximate surface area is 140 Å². The highest BCUT2D eigenvalue weighted by Crippen LogP contribution is 2.15. The molecule has 1 saturated heterocycles. The zero-order valence-corrected chi connectivity index (χ0v) is 14.3. The summed E-state index contributed by atoms with van der Waals surface area (Å²) in [7, 11) is 0. The summed E-state index contributed by atoms with van der Waals surface area (Å²) >= 11 is 0. The Bertz CT molecular complexity index is 633. The molecule has 0 atom stereocenters. The molecular weight excluding hydrogens is 381 g/mol. The summed E-state index contributed by atoms with van der Waals surface area (Å²) in [4.78, 5) is 14.3. The number of morpholine rings is 1. The normalized spacial score (nSPS) is 16.0. The van der Waals surface area contributed by atoms with E-state index in [-0.39, 0.29) is 24.0 Å². The van der Waals surface area contributed by atoms with Gasteiger partial charge in [0, 0.05) is 13.1 Å². The lowest BCUT2D eigenvalue weighted by Gasteiger charge is -2.27. The zero-order chi connectivity index (χ0) is 13.9. The van der Waals surface area contributed by atoms with Crippen LogP contribution in [0.2, 0.25) is 0 Å². The van der Waals surface area contributed by atoms with E-state index >= 15 is 0 Å². The highest BCUT2D eigenvalue weighted by molar-refractivity contribution is 14.0. The molecule has 1 fully saturated rings. The molecule has 2 aromatic rings. The van der Waals surface area contributed by atoms with Crippen molar-refractivity contribution in [2.45, 2.75) is 13.5 Å². The Kier molecular flexibility index (Phi) is 5.40. The van der Waals surface area contributed by atoms with Crippen molar-refractivity contribution in [3.05, 3.63) is 29.6 Å². The zero-order valence-electron chi connectivity index (χ0n) is 12.0. The van der Waals surface area contributed by atoms with Crippen LogP contribution < -0.4 is 5.73 Å². The number of H-pyrrole nitrogens is 1. The van der Waals surface area contributed by atoms with Crippen molar-refractivity contribution in [1.82, 2.24) is 14.9 Å².